The number of carbonyl (C=O) groups is 2. The summed E-state index contributed by atoms with van der Waals surface area (Å²) in [4.78, 5) is 23.1. The topological polar surface area (TPSA) is 77.7 Å². The van der Waals surface area contributed by atoms with Gasteiger partial charge in [-0.25, -0.2) is 0 Å². The summed E-state index contributed by atoms with van der Waals surface area (Å²) in [7, 11) is 0. The molecule has 0 N–H and O–H groups in total. The maximum atomic E-state index is 11.8. The van der Waals surface area contributed by atoms with Crippen molar-refractivity contribution in [3.63, 3.8) is 0 Å². The van der Waals surface area contributed by atoms with Crippen molar-refractivity contribution in [3.8, 4) is 0 Å². The summed E-state index contributed by atoms with van der Waals surface area (Å²) in [5, 5.41) is 0. The van der Waals surface area contributed by atoms with Gasteiger partial charge < -0.3 is 18.9 Å². The second kappa shape index (κ2) is 9.57. The SMILES string of the molecule is CCC(C)(C)C(=O)OCC1CCC2OC2C1.CCC(C)(C)C(=O)OCC1CO1. The molecule has 2 saturated heterocycles. The molecule has 6 heteroatoms. The predicted octanol–water partition coefficient (Wildman–Crippen LogP) is 3.90. The monoisotopic (exact) mass is 398 g/mol. The van der Waals surface area contributed by atoms with E-state index in [9.17, 15) is 9.59 Å². The molecule has 4 unspecified atom stereocenters. The maximum Gasteiger partial charge on any atom is 0.311 e. The van der Waals surface area contributed by atoms with Crippen molar-refractivity contribution < 1.29 is 28.5 Å². The van der Waals surface area contributed by atoms with E-state index in [4.69, 9.17) is 18.9 Å². The van der Waals surface area contributed by atoms with E-state index in [2.05, 4.69) is 0 Å². The predicted molar refractivity (Wildman–Crippen MR) is 106 cm³/mol. The maximum absolute atomic E-state index is 11.8. The Morgan fingerprint density at radius 2 is 1.43 bits per heavy atom. The second-order valence-electron chi connectivity index (χ2n) is 9.52. The van der Waals surface area contributed by atoms with Crippen LogP contribution in [0.1, 0.15) is 73.6 Å². The zero-order chi connectivity index (χ0) is 20.9. The molecule has 0 aromatic rings. The molecule has 0 radical (unpaired) electrons. The van der Waals surface area contributed by atoms with Gasteiger partial charge in [0.2, 0.25) is 0 Å². The van der Waals surface area contributed by atoms with Crippen molar-refractivity contribution in [3.05, 3.63) is 0 Å². The number of hydrogen-bond acceptors (Lipinski definition) is 6. The first-order valence-electron chi connectivity index (χ1n) is 10.7. The van der Waals surface area contributed by atoms with Crippen LogP contribution in [0.15, 0.2) is 0 Å². The second-order valence-corrected chi connectivity index (χ2v) is 9.52. The highest BCUT2D eigenvalue weighted by atomic mass is 16.6. The molecule has 162 valence electrons. The van der Waals surface area contributed by atoms with Crippen LogP contribution in [0.4, 0.5) is 0 Å². The molecule has 0 aromatic carbocycles. The Morgan fingerprint density at radius 3 is 1.89 bits per heavy atom. The molecule has 0 spiro atoms. The van der Waals surface area contributed by atoms with Crippen LogP contribution in [0.2, 0.25) is 0 Å². The van der Waals surface area contributed by atoms with Crippen LogP contribution in [0, 0.1) is 16.7 Å². The van der Waals surface area contributed by atoms with E-state index in [1.807, 2.05) is 41.5 Å². The molecule has 0 amide bonds. The zero-order valence-electron chi connectivity index (χ0n) is 18.4. The van der Waals surface area contributed by atoms with Gasteiger partial charge in [0.1, 0.15) is 12.7 Å². The average molecular weight is 399 g/mol. The molecule has 4 atom stereocenters. The molecule has 1 aliphatic carbocycles. The third-order valence-electron chi connectivity index (χ3n) is 6.24. The Bertz CT molecular complexity index is 537. The van der Waals surface area contributed by atoms with Crippen LogP contribution in [-0.2, 0) is 28.5 Å². The zero-order valence-corrected chi connectivity index (χ0v) is 18.4. The Balaban J connectivity index is 0.000000209. The molecular weight excluding hydrogens is 360 g/mol. The molecule has 2 aliphatic heterocycles. The third kappa shape index (κ3) is 7.03. The van der Waals surface area contributed by atoms with Gasteiger partial charge in [0.05, 0.1) is 36.3 Å². The Kier molecular flexibility index (Phi) is 7.91. The van der Waals surface area contributed by atoms with Crippen molar-refractivity contribution in [1.82, 2.24) is 0 Å². The van der Waals surface area contributed by atoms with Crippen molar-refractivity contribution >= 4 is 11.9 Å². The van der Waals surface area contributed by atoms with Gasteiger partial charge >= 0.3 is 11.9 Å². The molecule has 28 heavy (non-hydrogen) atoms. The first kappa shape index (κ1) is 23.1. The molecule has 6 nitrogen and oxygen atoms in total. The van der Waals surface area contributed by atoms with E-state index in [-0.39, 0.29) is 28.9 Å². The number of rotatable bonds is 8. The lowest BCUT2D eigenvalue weighted by Gasteiger charge is -2.24. The van der Waals surface area contributed by atoms with Crippen molar-refractivity contribution in [2.75, 3.05) is 19.8 Å². The fourth-order valence-corrected chi connectivity index (χ4v) is 2.84. The van der Waals surface area contributed by atoms with Crippen LogP contribution in [0.3, 0.4) is 0 Å². The largest absolute Gasteiger partial charge is 0.465 e. The molecule has 0 aromatic heterocycles. The van der Waals surface area contributed by atoms with Crippen molar-refractivity contribution in [1.29, 1.82) is 0 Å². The molecule has 0 bridgehead atoms. The molecule has 3 aliphatic rings. The van der Waals surface area contributed by atoms with E-state index in [1.165, 1.54) is 0 Å². The summed E-state index contributed by atoms with van der Waals surface area (Å²) in [5.74, 6) is 0.328. The highest BCUT2D eigenvalue weighted by Crippen LogP contribution is 2.39. The number of ether oxygens (including phenoxy) is 4. The average Bonchev–Trinajstić information content (AvgIpc) is 3.58. The Labute approximate surface area is 169 Å². The quantitative estimate of drug-likeness (QED) is 0.456. The molecule has 3 fully saturated rings. The number of hydrogen-bond donors (Lipinski definition) is 0. The van der Waals surface area contributed by atoms with E-state index in [1.54, 1.807) is 0 Å². The normalized spacial score (nSPS) is 28.4. The third-order valence-corrected chi connectivity index (χ3v) is 6.24. The summed E-state index contributed by atoms with van der Waals surface area (Å²) >= 11 is 0. The summed E-state index contributed by atoms with van der Waals surface area (Å²) in [6, 6.07) is 0. The lowest BCUT2D eigenvalue weighted by Crippen LogP contribution is -2.29. The number of fused-ring (bicyclic) bond motifs is 1. The van der Waals surface area contributed by atoms with Gasteiger partial charge in [-0.3, -0.25) is 9.59 Å². The van der Waals surface area contributed by atoms with E-state index in [0.29, 0.717) is 31.3 Å². The van der Waals surface area contributed by atoms with Gasteiger partial charge in [-0.1, -0.05) is 13.8 Å². The number of carbonyl (C=O) groups excluding carboxylic acids is 2. The Hall–Kier alpha value is -1.14. The minimum absolute atomic E-state index is 0.0613. The van der Waals surface area contributed by atoms with Crippen LogP contribution < -0.4 is 0 Å². The van der Waals surface area contributed by atoms with Gasteiger partial charge in [0.15, 0.2) is 0 Å². The van der Waals surface area contributed by atoms with Crippen LogP contribution >= 0.6 is 0 Å². The standard InChI is InChI=1S/C13H22O3.C9H16O3/c1-4-13(2,3)12(14)15-8-9-5-6-10-11(7-9)16-10;1-4-9(2,3)8(10)12-6-7-5-11-7/h9-11H,4-8H2,1-3H3;7H,4-6H2,1-3H3. The molecule has 3 rings (SSSR count). The van der Waals surface area contributed by atoms with Crippen molar-refractivity contribution in [2.45, 2.75) is 92.0 Å². The summed E-state index contributed by atoms with van der Waals surface area (Å²) in [6.45, 7) is 13.4. The fourth-order valence-electron chi connectivity index (χ4n) is 2.84. The highest BCUT2D eigenvalue weighted by Gasteiger charge is 2.44. The van der Waals surface area contributed by atoms with Gasteiger partial charge in [0.25, 0.3) is 0 Å². The summed E-state index contributed by atoms with van der Waals surface area (Å²) in [6.07, 6.45) is 6.15. The minimum Gasteiger partial charge on any atom is -0.465 e. The lowest BCUT2D eigenvalue weighted by atomic mass is 9.89. The first-order valence-corrected chi connectivity index (χ1v) is 10.7. The number of epoxide rings is 2. The fraction of sp³-hybridized carbons (Fsp3) is 0.909. The van der Waals surface area contributed by atoms with E-state index in [0.717, 1.165) is 38.7 Å². The van der Waals surface area contributed by atoms with Crippen LogP contribution in [0.25, 0.3) is 0 Å². The van der Waals surface area contributed by atoms with Crippen molar-refractivity contribution in [2.24, 2.45) is 16.7 Å². The molecule has 2 heterocycles. The molecular formula is C22H38O6. The summed E-state index contributed by atoms with van der Waals surface area (Å²) in [5.41, 5.74) is -0.692. The van der Waals surface area contributed by atoms with E-state index < -0.39 is 0 Å². The van der Waals surface area contributed by atoms with Gasteiger partial charge in [-0.2, -0.15) is 0 Å². The minimum atomic E-state index is -0.352. The van der Waals surface area contributed by atoms with E-state index >= 15 is 0 Å². The molecule has 1 saturated carbocycles. The van der Waals surface area contributed by atoms with Crippen LogP contribution in [0.5, 0.6) is 0 Å². The smallest absolute Gasteiger partial charge is 0.311 e. The lowest BCUT2D eigenvalue weighted by molar-refractivity contribution is -0.156. The van der Waals surface area contributed by atoms with Crippen LogP contribution in [-0.4, -0.2) is 50.1 Å². The Morgan fingerprint density at radius 1 is 0.893 bits per heavy atom. The van der Waals surface area contributed by atoms with Gasteiger partial charge in [-0.15, -0.1) is 0 Å². The van der Waals surface area contributed by atoms with Gasteiger partial charge in [0, 0.05) is 0 Å². The number of esters is 2. The van der Waals surface area contributed by atoms with Gasteiger partial charge in [-0.05, 0) is 65.7 Å². The first-order chi connectivity index (χ1) is 13.1. The highest BCUT2D eigenvalue weighted by molar-refractivity contribution is 5.76. The summed E-state index contributed by atoms with van der Waals surface area (Å²) < 4.78 is 20.9.